The Balaban J connectivity index is 1.71. The van der Waals surface area contributed by atoms with Crippen molar-refractivity contribution >= 4 is 32.9 Å². The van der Waals surface area contributed by atoms with E-state index < -0.39 is 0 Å². The number of aromatic nitrogens is 1. The number of thioether (sulfide) groups is 1. The molecule has 136 valence electrons. The van der Waals surface area contributed by atoms with Crippen LogP contribution in [0.3, 0.4) is 0 Å². The molecule has 0 unspecified atom stereocenters. The first kappa shape index (κ1) is 17.9. The van der Waals surface area contributed by atoms with E-state index in [9.17, 15) is 0 Å². The summed E-state index contributed by atoms with van der Waals surface area (Å²) in [6, 6.07) is 12.6. The van der Waals surface area contributed by atoms with Crippen LogP contribution in [0, 0.1) is 0 Å². The fraction of sp³-hybridized carbons (Fsp3) is 0.400. The van der Waals surface area contributed by atoms with Gasteiger partial charge in [0.2, 0.25) is 0 Å². The van der Waals surface area contributed by atoms with Crippen molar-refractivity contribution in [3.8, 4) is 5.75 Å². The quantitative estimate of drug-likeness (QED) is 0.664. The first-order chi connectivity index (χ1) is 12.5. The Bertz CT molecular complexity index is 827. The molecular formula is C20H22BrN3OS. The third kappa shape index (κ3) is 3.37. The molecular weight excluding hydrogens is 410 g/mol. The van der Waals surface area contributed by atoms with Gasteiger partial charge in [-0.25, -0.2) is 0 Å². The van der Waals surface area contributed by atoms with Gasteiger partial charge in [-0.1, -0.05) is 30.8 Å². The lowest BCUT2D eigenvalue weighted by atomic mass is 9.96. The van der Waals surface area contributed by atoms with Gasteiger partial charge in [-0.15, -0.1) is 0 Å². The van der Waals surface area contributed by atoms with Gasteiger partial charge in [-0.2, -0.15) is 0 Å². The molecule has 1 aromatic carbocycles. The van der Waals surface area contributed by atoms with Crippen molar-refractivity contribution in [2.45, 2.75) is 44.2 Å². The van der Waals surface area contributed by atoms with Crippen LogP contribution in [-0.2, 0) is 0 Å². The molecule has 1 saturated heterocycles. The van der Waals surface area contributed by atoms with Gasteiger partial charge in [0.1, 0.15) is 11.8 Å². The Morgan fingerprint density at radius 1 is 1.27 bits per heavy atom. The van der Waals surface area contributed by atoms with E-state index in [1.165, 1.54) is 5.56 Å². The molecule has 0 saturated carbocycles. The van der Waals surface area contributed by atoms with E-state index in [2.05, 4.69) is 57.0 Å². The lowest BCUT2D eigenvalue weighted by Crippen LogP contribution is -2.28. The highest BCUT2D eigenvalue weighted by atomic mass is 79.9. The number of hydrogen-bond donors (Lipinski definition) is 0. The zero-order valence-corrected chi connectivity index (χ0v) is 17.5. The second kappa shape index (κ2) is 7.24. The monoisotopic (exact) mass is 431 g/mol. The highest BCUT2D eigenvalue weighted by Gasteiger charge is 2.43. The summed E-state index contributed by atoms with van der Waals surface area (Å²) < 4.78 is 6.86. The zero-order chi connectivity index (χ0) is 18.3. The zero-order valence-electron chi connectivity index (χ0n) is 15.1. The Kier molecular flexibility index (Phi) is 4.97. The number of fused-ring (bicyclic) bond motifs is 1. The van der Waals surface area contributed by atoms with Crippen molar-refractivity contribution in [2.24, 2.45) is 4.99 Å². The summed E-state index contributed by atoms with van der Waals surface area (Å²) in [7, 11) is 0. The first-order valence-corrected chi connectivity index (χ1v) is 10.6. The van der Waals surface area contributed by atoms with Crippen molar-refractivity contribution in [2.75, 3.05) is 6.54 Å². The number of rotatable bonds is 4. The topological polar surface area (TPSA) is 37.7 Å². The average molecular weight is 432 g/mol. The third-order valence-electron chi connectivity index (χ3n) is 4.54. The van der Waals surface area contributed by atoms with Gasteiger partial charge in [0.25, 0.3) is 0 Å². The van der Waals surface area contributed by atoms with Gasteiger partial charge in [0, 0.05) is 18.0 Å². The predicted molar refractivity (Wildman–Crippen MR) is 111 cm³/mol. The van der Waals surface area contributed by atoms with Crippen LogP contribution in [0.2, 0.25) is 0 Å². The van der Waals surface area contributed by atoms with Gasteiger partial charge < -0.3 is 9.64 Å². The lowest BCUT2D eigenvalue weighted by molar-refractivity contribution is 0.240. The molecule has 1 aromatic heterocycles. The molecule has 26 heavy (non-hydrogen) atoms. The van der Waals surface area contributed by atoms with Crippen molar-refractivity contribution in [1.29, 1.82) is 0 Å². The minimum absolute atomic E-state index is 0.0231. The van der Waals surface area contributed by atoms with Crippen LogP contribution in [-0.4, -0.2) is 33.0 Å². The van der Waals surface area contributed by atoms with Gasteiger partial charge in [-0.05, 0) is 59.6 Å². The molecule has 2 aromatic rings. The molecule has 0 radical (unpaired) electrons. The number of ether oxygens (including phenoxy) is 1. The Labute approximate surface area is 167 Å². The average Bonchev–Trinajstić information content (AvgIpc) is 3.13. The Hall–Kier alpha value is -1.53. The van der Waals surface area contributed by atoms with E-state index in [4.69, 9.17) is 9.73 Å². The van der Waals surface area contributed by atoms with Crippen LogP contribution >= 0.6 is 27.7 Å². The van der Waals surface area contributed by atoms with Crippen molar-refractivity contribution in [1.82, 2.24) is 9.88 Å². The summed E-state index contributed by atoms with van der Waals surface area (Å²) in [4.78, 5) is 12.0. The summed E-state index contributed by atoms with van der Waals surface area (Å²) in [5, 5.41) is 1.70. The maximum absolute atomic E-state index is 5.87. The second-order valence-corrected chi connectivity index (χ2v) is 9.25. The third-order valence-corrected chi connectivity index (χ3v) is 6.26. The van der Waals surface area contributed by atoms with Crippen molar-refractivity contribution in [3.63, 3.8) is 0 Å². The largest absolute Gasteiger partial charge is 0.490 e. The van der Waals surface area contributed by atoms with Crippen LogP contribution in [0.25, 0.3) is 0 Å². The summed E-state index contributed by atoms with van der Waals surface area (Å²) in [5.41, 5.74) is 2.25. The highest BCUT2D eigenvalue weighted by Crippen LogP contribution is 2.48. The van der Waals surface area contributed by atoms with Gasteiger partial charge >= 0.3 is 0 Å². The molecule has 2 aliphatic heterocycles. The molecule has 0 N–H and O–H groups in total. The number of aliphatic imine (C=N–C) groups is 1. The molecule has 4 rings (SSSR count). The van der Waals surface area contributed by atoms with E-state index in [-0.39, 0.29) is 18.2 Å². The molecule has 3 heterocycles. The van der Waals surface area contributed by atoms with Crippen LogP contribution in [0.4, 0.5) is 0 Å². The van der Waals surface area contributed by atoms with Gasteiger partial charge in [0.15, 0.2) is 5.17 Å². The van der Waals surface area contributed by atoms with E-state index in [0.717, 1.165) is 27.6 Å². The summed E-state index contributed by atoms with van der Waals surface area (Å²) >= 11 is 5.54. The van der Waals surface area contributed by atoms with Crippen LogP contribution < -0.4 is 4.74 Å². The minimum Gasteiger partial charge on any atom is -0.490 e. The Morgan fingerprint density at radius 2 is 2.12 bits per heavy atom. The van der Waals surface area contributed by atoms with Crippen LogP contribution in [0.15, 0.2) is 52.1 Å². The number of benzene rings is 1. The number of pyridine rings is 1. The number of hydrogen-bond acceptors (Lipinski definition) is 5. The summed E-state index contributed by atoms with van der Waals surface area (Å²) in [6.45, 7) is 7.35. The molecule has 1 fully saturated rings. The van der Waals surface area contributed by atoms with Crippen molar-refractivity contribution < 1.29 is 4.74 Å². The van der Waals surface area contributed by atoms with E-state index in [1.54, 1.807) is 0 Å². The number of nitrogens with zero attached hydrogens (tertiary/aromatic N) is 3. The maximum Gasteiger partial charge on any atom is 0.160 e. The van der Waals surface area contributed by atoms with Crippen molar-refractivity contribution in [3.05, 3.63) is 58.3 Å². The normalized spacial score (nSPS) is 24.7. The van der Waals surface area contributed by atoms with E-state index in [0.29, 0.717) is 5.25 Å². The Morgan fingerprint density at radius 3 is 2.81 bits per heavy atom. The minimum atomic E-state index is 0.0231. The molecule has 0 spiro atoms. The first-order valence-electron chi connectivity index (χ1n) is 8.91. The standard InChI is InChI=1S/C20H22BrN3OS/c1-12(2)25-17-8-7-14(10-15(17)21)19-18(16-6-4-5-9-22-16)23-20-24(19)11-13(3)26-20/h4-10,12-13,18-19H,11H2,1-3H3/t13-,18-,19-/m1/s1. The van der Waals surface area contributed by atoms with E-state index in [1.807, 2.05) is 43.9 Å². The molecule has 4 nitrogen and oxygen atoms in total. The van der Waals surface area contributed by atoms with E-state index >= 15 is 0 Å². The molecule has 0 bridgehead atoms. The molecule has 0 aliphatic carbocycles. The van der Waals surface area contributed by atoms with Crippen LogP contribution in [0.5, 0.6) is 5.75 Å². The summed E-state index contributed by atoms with van der Waals surface area (Å²) in [6.07, 6.45) is 2.00. The predicted octanol–water partition coefficient (Wildman–Crippen LogP) is 5.22. The summed E-state index contributed by atoms with van der Waals surface area (Å²) in [5.74, 6) is 0.876. The maximum atomic E-state index is 5.87. The molecule has 6 heteroatoms. The molecule has 3 atom stereocenters. The fourth-order valence-electron chi connectivity index (χ4n) is 3.53. The highest BCUT2D eigenvalue weighted by molar-refractivity contribution is 9.10. The van der Waals surface area contributed by atoms with Crippen LogP contribution in [0.1, 0.15) is 44.1 Å². The van der Waals surface area contributed by atoms with Gasteiger partial charge in [0.05, 0.1) is 22.3 Å². The fourth-order valence-corrected chi connectivity index (χ4v) is 5.11. The second-order valence-electron chi connectivity index (χ2n) is 6.99. The lowest BCUT2D eigenvalue weighted by Gasteiger charge is -2.28. The van der Waals surface area contributed by atoms with Gasteiger partial charge in [-0.3, -0.25) is 9.98 Å². The SMILES string of the molecule is CC(C)Oc1ccc([C@@H]2[C@@H](c3ccccn3)N=C3S[C@H](C)CN32)cc1Br. The number of halogens is 1. The molecule has 0 amide bonds. The number of amidine groups is 1. The molecule has 2 aliphatic rings. The smallest absolute Gasteiger partial charge is 0.160 e.